The van der Waals surface area contributed by atoms with Crippen LogP contribution in [0, 0.1) is 21.4 Å². The van der Waals surface area contributed by atoms with Gasteiger partial charge < -0.3 is 18.9 Å². The van der Waals surface area contributed by atoms with E-state index in [-0.39, 0.29) is 25.2 Å². The van der Waals surface area contributed by atoms with Gasteiger partial charge in [-0.25, -0.2) is 0 Å². The molecule has 232 valence electrons. The predicted molar refractivity (Wildman–Crippen MR) is 217 cm³/mol. The van der Waals surface area contributed by atoms with E-state index >= 15 is 0 Å². The van der Waals surface area contributed by atoms with Crippen LogP contribution < -0.4 is 9.47 Å². The van der Waals surface area contributed by atoms with Crippen molar-refractivity contribution >= 4 is 147 Å². The molecule has 0 heterocycles. The van der Waals surface area contributed by atoms with Crippen molar-refractivity contribution in [2.75, 3.05) is 26.4 Å². The van der Waals surface area contributed by atoms with Crippen molar-refractivity contribution < 1.29 is 28.5 Å². The number of esters is 2. The van der Waals surface area contributed by atoms with E-state index in [4.69, 9.17) is 18.9 Å². The summed E-state index contributed by atoms with van der Waals surface area (Å²) in [4.78, 5) is 23.8. The van der Waals surface area contributed by atoms with E-state index in [0.717, 1.165) is 77.1 Å². The van der Waals surface area contributed by atoms with E-state index in [1.807, 2.05) is 0 Å². The molecule has 0 aliphatic carbocycles. The summed E-state index contributed by atoms with van der Waals surface area (Å²) in [5, 5.41) is 0. The molecule has 0 N–H and O–H groups in total. The van der Waals surface area contributed by atoms with Crippen molar-refractivity contribution in [3.05, 3.63) is 57.8 Å². The normalized spacial score (nSPS) is 11.1. The topological polar surface area (TPSA) is 71.1 Å². The summed E-state index contributed by atoms with van der Waals surface area (Å²) >= 11 is 13.9. The first kappa shape index (κ1) is 39.3. The Kier molecular flexibility index (Phi) is 21.9. The molecule has 0 unspecified atom stereocenters. The molecule has 0 saturated carbocycles. The molecule has 42 heavy (non-hydrogen) atoms. The zero-order valence-electron chi connectivity index (χ0n) is 23.1. The van der Waals surface area contributed by atoms with Gasteiger partial charge in [-0.3, -0.25) is 9.59 Å². The van der Waals surface area contributed by atoms with Crippen LogP contribution >= 0.6 is 136 Å². The SMILES string of the molecule is O=C(CCCCCCOc1c(I)cc(I)cc1I)OC/C=C\COC(=O)CCCCCCOc1c(I)cc(I)cc1I. The third kappa shape index (κ3) is 17.1. The molecule has 2 aromatic rings. The molecule has 2 aromatic carbocycles. The minimum Gasteiger partial charge on any atom is -0.491 e. The summed E-state index contributed by atoms with van der Waals surface area (Å²) in [7, 11) is 0. The zero-order chi connectivity index (χ0) is 30.7. The average Bonchev–Trinajstić information content (AvgIpc) is 2.91. The largest absolute Gasteiger partial charge is 0.491 e. The van der Waals surface area contributed by atoms with Crippen LogP contribution in [0.4, 0.5) is 0 Å². The second-order valence-electron chi connectivity index (χ2n) is 9.26. The third-order valence-electron chi connectivity index (χ3n) is 5.82. The first-order valence-corrected chi connectivity index (χ1v) is 20.2. The number of carbonyl (C=O) groups is 2. The van der Waals surface area contributed by atoms with Crippen LogP contribution in [0.1, 0.15) is 64.2 Å². The van der Waals surface area contributed by atoms with Gasteiger partial charge in [-0.1, -0.05) is 25.7 Å². The molecule has 0 fully saturated rings. The molecule has 2 rings (SSSR count). The van der Waals surface area contributed by atoms with Gasteiger partial charge in [0.05, 0.1) is 27.5 Å². The lowest BCUT2D eigenvalue weighted by molar-refractivity contribution is -0.143. The highest BCUT2D eigenvalue weighted by Crippen LogP contribution is 2.30. The van der Waals surface area contributed by atoms with Crippen LogP contribution in [0.5, 0.6) is 11.5 Å². The molecule has 6 nitrogen and oxygen atoms in total. The van der Waals surface area contributed by atoms with E-state index < -0.39 is 0 Å². The number of hydrogen-bond acceptors (Lipinski definition) is 6. The summed E-state index contributed by atoms with van der Waals surface area (Å²) in [5.74, 6) is 1.51. The Balaban J connectivity index is 1.39. The maximum absolute atomic E-state index is 11.9. The Bertz CT molecular complexity index is 1040. The minimum atomic E-state index is -0.204. The summed E-state index contributed by atoms with van der Waals surface area (Å²) in [5.41, 5.74) is 0. The van der Waals surface area contributed by atoms with Crippen molar-refractivity contribution in [2.24, 2.45) is 0 Å². The van der Waals surface area contributed by atoms with Crippen LogP contribution in [0.3, 0.4) is 0 Å². The Labute approximate surface area is 331 Å². The first-order valence-electron chi connectivity index (χ1n) is 13.7. The van der Waals surface area contributed by atoms with Crippen molar-refractivity contribution in [3.8, 4) is 11.5 Å². The van der Waals surface area contributed by atoms with Crippen molar-refractivity contribution in [3.63, 3.8) is 0 Å². The molecular weight excluding hydrogens is 1220 g/mol. The zero-order valence-corrected chi connectivity index (χ0v) is 36.0. The third-order valence-corrected chi connectivity index (χ3v) is 10.3. The minimum absolute atomic E-state index is 0.194. The van der Waals surface area contributed by atoms with Gasteiger partial charge >= 0.3 is 11.9 Å². The lowest BCUT2D eigenvalue weighted by atomic mass is 10.1. The summed E-state index contributed by atoms with van der Waals surface area (Å²) in [6.07, 6.45) is 11.7. The molecule has 12 heteroatoms. The fourth-order valence-corrected chi connectivity index (χ4v) is 11.5. The van der Waals surface area contributed by atoms with E-state index in [1.54, 1.807) is 12.2 Å². The van der Waals surface area contributed by atoms with Gasteiger partial charge in [0, 0.05) is 20.0 Å². The number of carbonyl (C=O) groups excluding carboxylic acids is 2. The van der Waals surface area contributed by atoms with Gasteiger partial charge in [-0.15, -0.1) is 0 Å². The number of benzene rings is 2. The van der Waals surface area contributed by atoms with Crippen molar-refractivity contribution in [1.29, 1.82) is 0 Å². The highest BCUT2D eigenvalue weighted by molar-refractivity contribution is 14.1. The standard InChI is InChI=1S/C30H34I6O6/c31-21-17-23(33)29(24(34)18-21)41-15-7-3-1-5-11-27(37)39-13-9-10-14-40-28(38)12-6-2-4-8-16-42-30-25(35)19-22(32)20-26(30)36/h9-10,17-20H,1-8,11-16H2/b10-9-. The second kappa shape index (κ2) is 23.4. The molecule has 0 amide bonds. The lowest BCUT2D eigenvalue weighted by Crippen LogP contribution is -2.06. The number of ether oxygens (including phenoxy) is 4. The van der Waals surface area contributed by atoms with E-state index in [1.165, 1.54) is 7.14 Å². The number of halogens is 6. The number of hydrogen-bond donors (Lipinski definition) is 0. The predicted octanol–water partition coefficient (Wildman–Crippen LogP) is 10.3. The van der Waals surface area contributed by atoms with Gasteiger partial charge in [0.1, 0.15) is 24.7 Å². The van der Waals surface area contributed by atoms with Crippen molar-refractivity contribution in [2.45, 2.75) is 64.2 Å². The first-order chi connectivity index (χ1) is 20.2. The summed E-state index contributed by atoms with van der Waals surface area (Å²) in [6, 6.07) is 8.45. The van der Waals surface area contributed by atoms with Crippen LogP contribution in [0.25, 0.3) is 0 Å². The summed E-state index contributed by atoms with van der Waals surface area (Å²) < 4.78 is 29.3. The number of unbranched alkanes of at least 4 members (excludes halogenated alkanes) is 6. The van der Waals surface area contributed by atoms with Crippen molar-refractivity contribution in [1.82, 2.24) is 0 Å². The lowest BCUT2D eigenvalue weighted by Gasteiger charge is -2.11. The Morgan fingerprint density at radius 3 is 1.21 bits per heavy atom. The second-order valence-corrected chi connectivity index (χ2v) is 16.4. The molecule has 0 saturated heterocycles. The van der Waals surface area contributed by atoms with Crippen LogP contribution in [0.2, 0.25) is 0 Å². The molecule has 0 aliphatic rings. The van der Waals surface area contributed by atoms with Gasteiger partial charge in [0.2, 0.25) is 0 Å². The molecule has 0 radical (unpaired) electrons. The molecule has 0 aliphatic heterocycles. The molecule has 0 atom stereocenters. The molecular formula is C30H34I6O6. The van der Waals surface area contributed by atoms with Gasteiger partial charge in [-0.2, -0.15) is 0 Å². The maximum atomic E-state index is 11.9. The van der Waals surface area contributed by atoms with E-state index in [9.17, 15) is 9.59 Å². The maximum Gasteiger partial charge on any atom is 0.306 e. The van der Waals surface area contributed by atoms with E-state index in [0.29, 0.717) is 26.1 Å². The highest BCUT2D eigenvalue weighted by Gasteiger charge is 2.09. The van der Waals surface area contributed by atoms with Crippen LogP contribution in [-0.4, -0.2) is 38.4 Å². The molecule has 0 bridgehead atoms. The van der Waals surface area contributed by atoms with Crippen LogP contribution in [-0.2, 0) is 19.1 Å². The average molecular weight is 1250 g/mol. The van der Waals surface area contributed by atoms with Crippen LogP contribution in [0.15, 0.2) is 36.4 Å². The smallest absolute Gasteiger partial charge is 0.306 e. The monoisotopic (exact) mass is 1250 g/mol. The Hall–Kier alpha value is 1.10. The Morgan fingerprint density at radius 1 is 0.524 bits per heavy atom. The van der Waals surface area contributed by atoms with Gasteiger partial charge in [0.15, 0.2) is 0 Å². The van der Waals surface area contributed by atoms with E-state index in [2.05, 4.69) is 160 Å². The number of rotatable bonds is 20. The fourth-order valence-electron chi connectivity index (χ4n) is 3.69. The fraction of sp³-hybridized carbons (Fsp3) is 0.467. The highest BCUT2D eigenvalue weighted by atomic mass is 127. The Morgan fingerprint density at radius 2 is 0.857 bits per heavy atom. The van der Waals surface area contributed by atoms with Gasteiger partial charge in [0.25, 0.3) is 0 Å². The summed E-state index contributed by atoms with van der Waals surface area (Å²) in [6.45, 7) is 1.74. The quantitative estimate of drug-likeness (QED) is 0.0570. The molecule has 0 aromatic heterocycles. The van der Waals surface area contributed by atoms with Gasteiger partial charge in [-0.05, 0) is 198 Å². The molecule has 0 spiro atoms.